The van der Waals surface area contributed by atoms with Gasteiger partial charge in [0.1, 0.15) is 0 Å². The fourth-order valence-corrected chi connectivity index (χ4v) is 3.30. The van der Waals surface area contributed by atoms with Crippen molar-refractivity contribution in [3.63, 3.8) is 0 Å². The van der Waals surface area contributed by atoms with E-state index in [0.717, 1.165) is 64.5 Å². The van der Waals surface area contributed by atoms with Gasteiger partial charge in [-0.15, -0.1) is 13.2 Å². The van der Waals surface area contributed by atoms with Crippen LogP contribution in [0.2, 0.25) is 0 Å². The van der Waals surface area contributed by atoms with Crippen LogP contribution < -0.4 is 10.6 Å². The minimum atomic E-state index is 0.0958. The number of unbranched alkanes of at least 4 members (excludes halogenated alkanes) is 6. The standard InChI is InChI=1S/C23H43N3O2/c1-6-8-10-12-14-16-22(27)24-20(3)18-26(5)19-21(4)25-23(28)17-15-13-11-9-7-2/h6-7,20-21H,1-2,8-19H2,3-5H3,(H,24,27)(H,25,28). The van der Waals surface area contributed by atoms with E-state index in [1.165, 1.54) is 0 Å². The molecule has 0 aromatic heterocycles. The quantitative estimate of drug-likeness (QED) is 0.271. The first-order valence-electron chi connectivity index (χ1n) is 10.9. The number of amides is 2. The second kappa shape index (κ2) is 17.5. The summed E-state index contributed by atoms with van der Waals surface area (Å²) >= 11 is 0. The van der Waals surface area contributed by atoms with Crippen LogP contribution in [0.5, 0.6) is 0 Å². The molecule has 5 nitrogen and oxygen atoms in total. The zero-order valence-electron chi connectivity index (χ0n) is 18.5. The summed E-state index contributed by atoms with van der Waals surface area (Å²) in [5, 5.41) is 6.13. The van der Waals surface area contributed by atoms with Crippen LogP contribution in [0.4, 0.5) is 0 Å². The van der Waals surface area contributed by atoms with Crippen LogP contribution in [0.15, 0.2) is 25.3 Å². The summed E-state index contributed by atoms with van der Waals surface area (Å²) in [6, 6.07) is 0.192. The summed E-state index contributed by atoms with van der Waals surface area (Å²) in [5.41, 5.74) is 0. The lowest BCUT2D eigenvalue weighted by Crippen LogP contribution is -2.45. The van der Waals surface area contributed by atoms with E-state index in [1.54, 1.807) is 0 Å². The summed E-state index contributed by atoms with van der Waals surface area (Å²) < 4.78 is 0. The molecule has 0 aromatic rings. The van der Waals surface area contributed by atoms with E-state index < -0.39 is 0 Å². The molecule has 0 saturated heterocycles. The van der Waals surface area contributed by atoms with Gasteiger partial charge in [-0.2, -0.15) is 0 Å². The number of hydrogen-bond donors (Lipinski definition) is 2. The molecule has 2 amide bonds. The first-order chi connectivity index (χ1) is 13.4. The Morgan fingerprint density at radius 3 is 1.54 bits per heavy atom. The molecule has 2 unspecified atom stereocenters. The molecule has 0 aliphatic carbocycles. The lowest BCUT2D eigenvalue weighted by molar-refractivity contribution is -0.122. The summed E-state index contributed by atoms with van der Waals surface area (Å²) in [4.78, 5) is 26.1. The number of likely N-dealkylation sites (N-methyl/N-ethyl adjacent to an activating group) is 1. The maximum atomic E-state index is 12.0. The van der Waals surface area contributed by atoms with Crippen LogP contribution in [-0.2, 0) is 9.59 Å². The molecule has 162 valence electrons. The molecule has 0 aromatic carbocycles. The maximum Gasteiger partial charge on any atom is 0.220 e. The predicted octanol–water partition coefficient (Wildman–Crippen LogP) is 4.20. The zero-order valence-corrected chi connectivity index (χ0v) is 18.5. The van der Waals surface area contributed by atoms with E-state index in [2.05, 4.69) is 28.7 Å². The Labute approximate surface area is 173 Å². The highest BCUT2D eigenvalue weighted by Gasteiger charge is 2.13. The van der Waals surface area contributed by atoms with Gasteiger partial charge in [-0.1, -0.05) is 25.0 Å². The van der Waals surface area contributed by atoms with Gasteiger partial charge in [-0.3, -0.25) is 9.59 Å². The molecular weight excluding hydrogens is 350 g/mol. The van der Waals surface area contributed by atoms with Crippen LogP contribution in [0.25, 0.3) is 0 Å². The molecule has 0 bridgehead atoms. The van der Waals surface area contributed by atoms with E-state index in [0.29, 0.717) is 12.8 Å². The highest BCUT2D eigenvalue weighted by Crippen LogP contribution is 2.05. The third-order valence-corrected chi connectivity index (χ3v) is 4.61. The van der Waals surface area contributed by atoms with Gasteiger partial charge in [-0.25, -0.2) is 0 Å². The lowest BCUT2D eigenvalue weighted by Gasteiger charge is -2.25. The monoisotopic (exact) mass is 393 g/mol. The van der Waals surface area contributed by atoms with Crippen molar-refractivity contribution in [3.8, 4) is 0 Å². The SMILES string of the molecule is C=CCCCCCC(=O)NC(C)CN(C)CC(C)NC(=O)CCCCCC=C. The van der Waals surface area contributed by atoms with Gasteiger partial charge < -0.3 is 15.5 Å². The summed E-state index contributed by atoms with van der Waals surface area (Å²) in [6.07, 6.45) is 13.3. The highest BCUT2D eigenvalue weighted by molar-refractivity contribution is 5.76. The van der Waals surface area contributed by atoms with Crippen molar-refractivity contribution in [1.82, 2.24) is 15.5 Å². The van der Waals surface area contributed by atoms with Crippen molar-refractivity contribution in [2.75, 3.05) is 20.1 Å². The van der Waals surface area contributed by atoms with E-state index in [4.69, 9.17) is 0 Å². The normalized spacial score (nSPS) is 13.0. The zero-order chi connectivity index (χ0) is 21.2. The van der Waals surface area contributed by atoms with Crippen LogP contribution in [0.1, 0.15) is 78.1 Å². The maximum absolute atomic E-state index is 12.0. The second-order valence-corrected chi connectivity index (χ2v) is 7.93. The molecule has 2 N–H and O–H groups in total. The number of hydrogen-bond acceptors (Lipinski definition) is 3. The Kier molecular flexibility index (Phi) is 16.5. The Morgan fingerprint density at radius 2 is 1.18 bits per heavy atom. The van der Waals surface area contributed by atoms with Gasteiger partial charge in [0.05, 0.1) is 0 Å². The summed E-state index contributed by atoms with van der Waals surface area (Å²) in [5.74, 6) is 0.245. The van der Waals surface area contributed by atoms with Gasteiger partial charge in [0, 0.05) is 38.0 Å². The third kappa shape index (κ3) is 16.5. The van der Waals surface area contributed by atoms with Crippen LogP contribution in [0, 0.1) is 0 Å². The number of nitrogens with one attached hydrogen (secondary N) is 2. The Bertz CT molecular complexity index is 411. The molecule has 0 rings (SSSR count). The van der Waals surface area contributed by atoms with Crippen LogP contribution >= 0.6 is 0 Å². The largest absolute Gasteiger partial charge is 0.352 e. The van der Waals surface area contributed by atoms with Crippen molar-refractivity contribution in [2.24, 2.45) is 0 Å². The molecule has 0 spiro atoms. The molecular formula is C23H43N3O2. The summed E-state index contributed by atoms with van der Waals surface area (Å²) in [6.45, 7) is 13.0. The van der Waals surface area contributed by atoms with Crippen LogP contribution in [0.3, 0.4) is 0 Å². The lowest BCUT2D eigenvalue weighted by atomic mass is 10.1. The van der Waals surface area contributed by atoms with Crippen molar-refractivity contribution in [2.45, 2.75) is 90.1 Å². The van der Waals surface area contributed by atoms with E-state index in [1.807, 2.05) is 33.0 Å². The number of rotatable bonds is 18. The number of carbonyl (C=O) groups excluding carboxylic acids is 2. The molecule has 0 aliphatic heterocycles. The molecule has 0 aliphatic rings. The van der Waals surface area contributed by atoms with Gasteiger partial charge in [0.2, 0.25) is 11.8 Å². The summed E-state index contributed by atoms with van der Waals surface area (Å²) in [7, 11) is 2.02. The number of nitrogens with zero attached hydrogens (tertiary/aromatic N) is 1. The van der Waals surface area contributed by atoms with Crippen LogP contribution in [-0.4, -0.2) is 48.9 Å². The highest BCUT2D eigenvalue weighted by atomic mass is 16.2. The van der Waals surface area contributed by atoms with E-state index in [9.17, 15) is 9.59 Å². The molecule has 5 heteroatoms. The van der Waals surface area contributed by atoms with Crippen molar-refractivity contribution in [1.29, 1.82) is 0 Å². The first-order valence-corrected chi connectivity index (χ1v) is 10.9. The van der Waals surface area contributed by atoms with Crippen molar-refractivity contribution >= 4 is 11.8 Å². The molecule has 0 fully saturated rings. The average molecular weight is 394 g/mol. The first kappa shape index (κ1) is 26.4. The minimum absolute atomic E-state index is 0.0958. The van der Waals surface area contributed by atoms with Gasteiger partial charge in [0.25, 0.3) is 0 Å². The Hall–Kier alpha value is -1.62. The average Bonchev–Trinajstić information content (AvgIpc) is 2.60. The molecule has 0 heterocycles. The Morgan fingerprint density at radius 1 is 0.786 bits per heavy atom. The predicted molar refractivity (Wildman–Crippen MR) is 119 cm³/mol. The minimum Gasteiger partial charge on any atom is -0.352 e. The third-order valence-electron chi connectivity index (χ3n) is 4.61. The molecule has 0 saturated carbocycles. The van der Waals surface area contributed by atoms with Crippen molar-refractivity contribution < 1.29 is 9.59 Å². The number of allylic oxidation sites excluding steroid dienone is 2. The fraction of sp³-hybridized carbons (Fsp3) is 0.739. The fourth-order valence-electron chi connectivity index (χ4n) is 3.30. The smallest absolute Gasteiger partial charge is 0.220 e. The molecule has 0 radical (unpaired) electrons. The number of carbonyl (C=O) groups is 2. The second-order valence-electron chi connectivity index (χ2n) is 7.93. The van der Waals surface area contributed by atoms with Gasteiger partial charge in [-0.05, 0) is 59.4 Å². The van der Waals surface area contributed by atoms with Crippen molar-refractivity contribution in [3.05, 3.63) is 25.3 Å². The Balaban J connectivity index is 3.87. The van der Waals surface area contributed by atoms with Gasteiger partial charge in [0.15, 0.2) is 0 Å². The molecule has 2 atom stereocenters. The van der Waals surface area contributed by atoms with Gasteiger partial charge >= 0.3 is 0 Å². The van der Waals surface area contributed by atoms with E-state index in [-0.39, 0.29) is 23.9 Å². The molecule has 28 heavy (non-hydrogen) atoms. The van der Waals surface area contributed by atoms with E-state index >= 15 is 0 Å². The topological polar surface area (TPSA) is 61.4 Å².